The molecule has 6 heterocycles. The minimum atomic E-state index is -0.497. The molecule has 2 spiro atoms. The van der Waals surface area contributed by atoms with E-state index in [1.54, 1.807) is 0 Å². The number of hydrogen-bond acceptors (Lipinski definition) is 8. The molecule has 7 rings (SSSR count). The molecule has 0 unspecified atom stereocenters. The van der Waals surface area contributed by atoms with Gasteiger partial charge in [-0.05, 0) is 37.6 Å². The number of anilines is 3. The van der Waals surface area contributed by atoms with Gasteiger partial charge in [-0.2, -0.15) is 0 Å². The molecule has 1 amide bonds. The summed E-state index contributed by atoms with van der Waals surface area (Å²) >= 11 is 1.51. The maximum atomic E-state index is 15.0. The van der Waals surface area contributed by atoms with E-state index < -0.39 is 5.82 Å². The highest BCUT2D eigenvalue weighted by Crippen LogP contribution is 2.50. The molecule has 2 saturated heterocycles. The molecule has 0 aromatic carbocycles. The van der Waals surface area contributed by atoms with Crippen molar-refractivity contribution in [2.24, 2.45) is 5.41 Å². The Bertz CT molecular complexity index is 1390. The average Bonchev–Trinajstić information content (AvgIpc) is 3.52. The zero-order valence-corrected chi connectivity index (χ0v) is 22.7. The number of nitrogens with one attached hydrogen (secondary N) is 1. The van der Waals surface area contributed by atoms with Crippen LogP contribution in [0.15, 0.2) is 30.6 Å². The number of amides is 1. The van der Waals surface area contributed by atoms with Crippen LogP contribution in [0.2, 0.25) is 0 Å². The quantitative estimate of drug-likeness (QED) is 0.517. The molecule has 3 fully saturated rings. The van der Waals surface area contributed by atoms with E-state index in [2.05, 4.69) is 43.1 Å². The summed E-state index contributed by atoms with van der Waals surface area (Å²) in [5.41, 5.74) is 2.47. The fraction of sp³-hybridized carbons (Fsp3) is 0.500. The fourth-order valence-electron chi connectivity index (χ4n) is 6.93. The van der Waals surface area contributed by atoms with Crippen molar-refractivity contribution in [2.45, 2.75) is 38.0 Å². The number of likely N-dealkylation sites (tertiary alicyclic amines) is 1. The summed E-state index contributed by atoms with van der Waals surface area (Å²) in [5, 5.41) is 3.13. The van der Waals surface area contributed by atoms with E-state index in [-0.39, 0.29) is 23.0 Å². The van der Waals surface area contributed by atoms with E-state index in [1.165, 1.54) is 30.6 Å². The molecular weight excluding hydrogens is 501 g/mol. The van der Waals surface area contributed by atoms with Gasteiger partial charge in [-0.1, -0.05) is 19.8 Å². The molecule has 1 N–H and O–H groups in total. The number of carbonyl (C=O) groups is 1. The van der Waals surface area contributed by atoms with Gasteiger partial charge < -0.3 is 20.0 Å². The zero-order valence-electron chi connectivity index (χ0n) is 21.8. The van der Waals surface area contributed by atoms with Gasteiger partial charge in [0.05, 0.1) is 28.5 Å². The molecule has 8 nitrogen and oxygen atoms in total. The lowest BCUT2D eigenvalue weighted by Crippen LogP contribution is -2.72. The van der Waals surface area contributed by atoms with Gasteiger partial charge in [0.25, 0.3) is 5.91 Å². The number of pyridine rings is 1. The third-order valence-corrected chi connectivity index (χ3v) is 10.2. The summed E-state index contributed by atoms with van der Waals surface area (Å²) in [6, 6.07) is 5.79. The Morgan fingerprint density at radius 1 is 1.08 bits per heavy atom. The second-order valence-electron chi connectivity index (χ2n) is 11.6. The number of rotatable bonds is 5. The summed E-state index contributed by atoms with van der Waals surface area (Å²) in [7, 11) is 1.86. The van der Waals surface area contributed by atoms with E-state index in [4.69, 9.17) is 0 Å². The van der Waals surface area contributed by atoms with Crippen LogP contribution >= 0.6 is 11.3 Å². The first kappa shape index (κ1) is 24.0. The minimum Gasteiger partial charge on any atom is -0.369 e. The number of carbonyl (C=O) groups excluding carboxylic acids is 1. The van der Waals surface area contributed by atoms with Crippen molar-refractivity contribution in [1.29, 1.82) is 0 Å². The molecule has 0 radical (unpaired) electrons. The lowest BCUT2D eigenvalue weighted by molar-refractivity contribution is -0.0178. The number of aromatic nitrogens is 3. The standard InChI is InChI=1S/C28H32FN7OS/c1-3-35-13-27(14-35)15-36(16-27)18-6-7-22(30-11-18)32-26-31-12-20(29)23(33-26)21-10-19-24(38-21)28(8-4-5-9-28)17-34(2)25(19)37/h6-7,10-12H,3-5,8-9,13-17H2,1-2H3,(H,30,31,32,33). The molecule has 3 aliphatic heterocycles. The van der Waals surface area contributed by atoms with Crippen LogP contribution in [0.5, 0.6) is 0 Å². The summed E-state index contributed by atoms with van der Waals surface area (Å²) < 4.78 is 15.0. The Morgan fingerprint density at radius 3 is 2.58 bits per heavy atom. The van der Waals surface area contributed by atoms with E-state index in [0.717, 1.165) is 62.4 Å². The van der Waals surface area contributed by atoms with Gasteiger partial charge in [0, 0.05) is 55.5 Å². The van der Waals surface area contributed by atoms with Crippen LogP contribution in [-0.4, -0.2) is 77.0 Å². The third kappa shape index (κ3) is 3.79. The van der Waals surface area contributed by atoms with Crippen LogP contribution in [0, 0.1) is 11.2 Å². The molecule has 3 aromatic rings. The van der Waals surface area contributed by atoms with Crippen LogP contribution in [0.3, 0.4) is 0 Å². The number of halogens is 1. The maximum Gasteiger partial charge on any atom is 0.254 e. The smallest absolute Gasteiger partial charge is 0.254 e. The Kier molecular flexibility index (Phi) is 5.49. The van der Waals surface area contributed by atoms with Crippen molar-refractivity contribution >= 4 is 34.7 Å². The van der Waals surface area contributed by atoms with Gasteiger partial charge in [0.15, 0.2) is 5.82 Å². The zero-order chi connectivity index (χ0) is 26.1. The van der Waals surface area contributed by atoms with Gasteiger partial charge in [0.1, 0.15) is 11.5 Å². The number of likely N-dealkylation sites (N-methyl/N-ethyl adjacent to an activating group) is 1. The van der Waals surface area contributed by atoms with Crippen LogP contribution < -0.4 is 10.2 Å². The van der Waals surface area contributed by atoms with E-state index in [9.17, 15) is 9.18 Å². The number of hydrogen-bond donors (Lipinski definition) is 1. The highest BCUT2D eigenvalue weighted by Gasteiger charge is 2.51. The average molecular weight is 534 g/mol. The number of nitrogens with zero attached hydrogens (tertiary/aromatic N) is 6. The van der Waals surface area contributed by atoms with Crippen LogP contribution in [0.1, 0.15) is 47.8 Å². The molecule has 4 aliphatic rings. The van der Waals surface area contributed by atoms with Crippen molar-refractivity contribution in [3.05, 3.63) is 46.9 Å². The maximum absolute atomic E-state index is 15.0. The Balaban J connectivity index is 1.09. The third-order valence-electron chi connectivity index (χ3n) is 8.84. The Morgan fingerprint density at radius 2 is 1.87 bits per heavy atom. The normalized spacial score (nSPS) is 21.5. The monoisotopic (exact) mass is 533 g/mol. The van der Waals surface area contributed by atoms with Gasteiger partial charge in [-0.3, -0.25) is 4.79 Å². The van der Waals surface area contributed by atoms with Crippen LogP contribution in [-0.2, 0) is 5.41 Å². The molecular formula is C28H32FN7OS. The van der Waals surface area contributed by atoms with Crippen LogP contribution in [0.25, 0.3) is 10.6 Å². The van der Waals surface area contributed by atoms with Gasteiger partial charge in [-0.15, -0.1) is 11.3 Å². The largest absolute Gasteiger partial charge is 0.369 e. The second kappa shape index (κ2) is 8.71. The van der Waals surface area contributed by atoms with Crippen molar-refractivity contribution in [3.8, 4) is 10.6 Å². The lowest BCUT2D eigenvalue weighted by Gasteiger charge is -2.61. The molecule has 38 heavy (non-hydrogen) atoms. The summed E-state index contributed by atoms with van der Waals surface area (Å²) in [6.07, 6.45) is 7.50. The topological polar surface area (TPSA) is 77.5 Å². The second-order valence-corrected chi connectivity index (χ2v) is 12.6. The molecule has 10 heteroatoms. The predicted molar refractivity (Wildman–Crippen MR) is 147 cm³/mol. The number of thiophene rings is 1. The van der Waals surface area contributed by atoms with Crippen molar-refractivity contribution in [2.75, 3.05) is 56.5 Å². The molecule has 0 bridgehead atoms. The van der Waals surface area contributed by atoms with Gasteiger partial charge >= 0.3 is 0 Å². The predicted octanol–water partition coefficient (Wildman–Crippen LogP) is 4.52. The lowest BCUT2D eigenvalue weighted by atomic mass is 9.72. The molecule has 0 atom stereocenters. The highest BCUT2D eigenvalue weighted by molar-refractivity contribution is 7.16. The van der Waals surface area contributed by atoms with E-state index in [1.807, 2.05) is 30.3 Å². The molecule has 1 saturated carbocycles. The first-order valence-corrected chi connectivity index (χ1v) is 14.3. The van der Waals surface area contributed by atoms with Gasteiger partial charge in [-0.25, -0.2) is 19.3 Å². The Labute approximate surface area is 225 Å². The SMILES string of the molecule is CCN1CC2(C1)CN(c1ccc(Nc3ncc(F)c(-c4cc5c(s4)C4(CCCC4)CN(C)C5=O)n3)nc1)C2. The fourth-order valence-corrected chi connectivity index (χ4v) is 8.31. The molecule has 3 aromatic heterocycles. The summed E-state index contributed by atoms with van der Waals surface area (Å²) in [6.45, 7) is 8.61. The summed E-state index contributed by atoms with van der Waals surface area (Å²) in [5.74, 6) is 0.395. The number of fused-ring (bicyclic) bond motifs is 2. The summed E-state index contributed by atoms with van der Waals surface area (Å²) in [4.78, 5) is 34.6. The highest BCUT2D eigenvalue weighted by atomic mass is 32.1. The molecule has 198 valence electrons. The van der Waals surface area contributed by atoms with Crippen LogP contribution in [0.4, 0.5) is 21.8 Å². The van der Waals surface area contributed by atoms with E-state index in [0.29, 0.717) is 21.7 Å². The first-order chi connectivity index (χ1) is 18.4. The minimum absolute atomic E-state index is 0.00486. The van der Waals surface area contributed by atoms with Crippen molar-refractivity contribution in [3.63, 3.8) is 0 Å². The first-order valence-electron chi connectivity index (χ1n) is 13.5. The van der Waals surface area contributed by atoms with Crippen molar-refractivity contribution < 1.29 is 9.18 Å². The molecule has 1 aliphatic carbocycles. The van der Waals surface area contributed by atoms with E-state index >= 15 is 0 Å². The van der Waals surface area contributed by atoms with Crippen molar-refractivity contribution in [1.82, 2.24) is 24.8 Å². The Hall–Kier alpha value is -3.11. The van der Waals surface area contributed by atoms with Gasteiger partial charge in [0.2, 0.25) is 5.95 Å².